The first-order valence-corrected chi connectivity index (χ1v) is 4.90. The lowest BCUT2D eigenvalue weighted by Gasteiger charge is -2.07. The number of fused-ring (bicyclic) bond motifs is 2. The molecule has 1 radical (unpaired) electrons. The average molecular weight is 170 g/mol. The molecule has 0 bridgehead atoms. The van der Waals surface area contributed by atoms with Crippen LogP contribution >= 0.6 is 0 Å². The number of nitrogens with zero attached hydrogens (tertiary/aromatic N) is 1. The van der Waals surface area contributed by atoms with Gasteiger partial charge in [0.25, 0.3) is 0 Å². The number of allylic oxidation sites excluding steroid dienone is 2. The monoisotopic (exact) mass is 170 g/mol. The van der Waals surface area contributed by atoms with E-state index in [9.17, 15) is 0 Å². The Bertz CT molecular complexity index is 390. The van der Waals surface area contributed by atoms with Crippen LogP contribution < -0.4 is 5.32 Å². The minimum absolute atomic E-state index is 0.711. The van der Waals surface area contributed by atoms with Crippen molar-refractivity contribution in [2.45, 2.75) is 19.8 Å². The van der Waals surface area contributed by atoms with E-state index in [0.717, 1.165) is 0 Å². The van der Waals surface area contributed by atoms with Crippen LogP contribution in [0.4, 0.5) is 5.69 Å². The van der Waals surface area contributed by atoms with E-state index in [0.29, 0.717) is 5.92 Å². The molecular weight excluding hydrogens is 158 g/mol. The quantitative estimate of drug-likeness (QED) is 0.568. The van der Waals surface area contributed by atoms with Crippen LogP contribution in [-0.2, 0) is 0 Å². The number of hydrogen-bond donors (Lipinski definition) is 0. The molecule has 0 fully saturated rings. The first kappa shape index (κ1) is 7.19. The second-order valence-corrected chi connectivity index (χ2v) is 3.93. The summed E-state index contributed by atoms with van der Waals surface area (Å²) in [6, 6.07) is 8.48. The molecule has 0 N–H and O–H groups in total. The zero-order chi connectivity index (χ0) is 8.84. The van der Waals surface area contributed by atoms with Gasteiger partial charge in [-0.1, -0.05) is 25.1 Å². The molecule has 1 atom stereocenters. The lowest BCUT2D eigenvalue weighted by molar-refractivity contribution is 0.699. The summed E-state index contributed by atoms with van der Waals surface area (Å²) in [6.07, 6.45) is 2.45. The van der Waals surface area contributed by atoms with Gasteiger partial charge in [0.1, 0.15) is 0 Å². The highest BCUT2D eigenvalue weighted by Crippen LogP contribution is 2.46. The zero-order valence-electron chi connectivity index (χ0n) is 7.75. The van der Waals surface area contributed by atoms with Crippen LogP contribution in [-0.4, -0.2) is 0 Å². The van der Waals surface area contributed by atoms with Crippen molar-refractivity contribution in [1.82, 2.24) is 5.32 Å². The summed E-state index contributed by atoms with van der Waals surface area (Å²) in [4.78, 5) is 0. The van der Waals surface area contributed by atoms with Crippen LogP contribution in [0.15, 0.2) is 30.0 Å². The smallest absolute Gasteiger partial charge is 0.0708 e. The third-order valence-electron chi connectivity index (χ3n) is 3.07. The van der Waals surface area contributed by atoms with Gasteiger partial charge in [-0.15, -0.1) is 0 Å². The highest BCUT2D eigenvalue weighted by atomic mass is 14.9. The minimum atomic E-state index is 0.711. The number of para-hydroxylation sites is 1. The van der Waals surface area contributed by atoms with Gasteiger partial charge in [-0.05, 0) is 30.4 Å². The maximum absolute atomic E-state index is 4.64. The first-order valence-electron chi connectivity index (χ1n) is 4.90. The SMILES string of the molecule is CC1CCC2=C1c1ccccc1[N]2. The molecule has 1 aliphatic heterocycles. The van der Waals surface area contributed by atoms with E-state index in [1.165, 1.54) is 35.4 Å². The molecule has 1 nitrogen and oxygen atoms in total. The summed E-state index contributed by atoms with van der Waals surface area (Å²) in [5.74, 6) is 0.711. The largest absolute Gasteiger partial charge is 0.253 e. The van der Waals surface area contributed by atoms with Crippen molar-refractivity contribution in [3.05, 3.63) is 35.5 Å². The van der Waals surface area contributed by atoms with Gasteiger partial charge in [0, 0.05) is 11.3 Å². The van der Waals surface area contributed by atoms with E-state index >= 15 is 0 Å². The second kappa shape index (κ2) is 2.38. The van der Waals surface area contributed by atoms with Crippen molar-refractivity contribution in [3.8, 4) is 0 Å². The molecule has 2 aliphatic rings. The van der Waals surface area contributed by atoms with Gasteiger partial charge in [-0.3, -0.25) is 5.32 Å². The molecule has 0 saturated carbocycles. The molecule has 65 valence electrons. The minimum Gasteiger partial charge on any atom is -0.253 e. The Morgan fingerprint density at radius 2 is 2.15 bits per heavy atom. The molecule has 3 rings (SSSR count). The maximum atomic E-state index is 4.64. The van der Waals surface area contributed by atoms with Crippen molar-refractivity contribution >= 4 is 11.3 Å². The molecule has 1 aromatic carbocycles. The fourth-order valence-electron chi connectivity index (χ4n) is 2.40. The van der Waals surface area contributed by atoms with Gasteiger partial charge in [0.2, 0.25) is 0 Å². The summed E-state index contributed by atoms with van der Waals surface area (Å²) >= 11 is 0. The van der Waals surface area contributed by atoms with Gasteiger partial charge >= 0.3 is 0 Å². The van der Waals surface area contributed by atoms with Crippen molar-refractivity contribution < 1.29 is 0 Å². The van der Waals surface area contributed by atoms with Crippen LogP contribution in [0.3, 0.4) is 0 Å². The molecule has 1 aliphatic carbocycles. The normalized spacial score (nSPS) is 24.2. The van der Waals surface area contributed by atoms with E-state index < -0.39 is 0 Å². The molecular formula is C12H12N. The summed E-state index contributed by atoms with van der Waals surface area (Å²) in [5, 5.41) is 4.64. The van der Waals surface area contributed by atoms with E-state index in [2.05, 4.69) is 36.5 Å². The molecule has 13 heavy (non-hydrogen) atoms. The Balaban J connectivity index is 2.17. The third kappa shape index (κ3) is 0.873. The van der Waals surface area contributed by atoms with Crippen molar-refractivity contribution in [2.24, 2.45) is 5.92 Å². The molecule has 1 unspecified atom stereocenters. The molecule has 0 saturated heterocycles. The Morgan fingerprint density at radius 3 is 3.08 bits per heavy atom. The zero-order valence-corrected chi connectivity index (χ0v) is 7.75. The van der Waals surface area contributed by atoms with Crippen LogP contribution in [0.2, 0.25) is 0 Å². The summed E-state index contributed by atoms with van der Waals surface area (Å²) in [7, 11) is 0. The molecule has 0 aromatic heterocycles. The highest BCUT2D eigenvalue weighted by Gasteiger charge is 2.30. The number of hydrogen-bond acceptors (Lipinski definition) is 0. The van der Waals surface area contributed by atoms with Crippen LogP contribution in [0.25, 0.3) is 5.57 Å². The Kier molecular flexibility index (Phi) is 1.32. The van der Waals surface area contributed by atoms with E-state index in [1.807, 2.05) is 0 Å². The van der Waals surface area contributed by atoms with Crippen LogP contribution in [0.1, 0.15) is 25.3 Å². The third-order valence-corrected chi connectivity index (χ3v) is 3.07. The van der Waals surface area contributed by atoms with Gasteiger partial charge in [0.15, 0.2) is 0 Å². The van der Waals surface area contributed by atoms with Crippen molar-refractivity contribution in [3.63, 3.8) is 0 Å². The lowest BCUT2D eigenvalue weighted by Crippen LogP contribution is -1.92. The molecule has 1 heterocycles. The Morgan fingerprint density at radius 1 is 1.31 bits per heavy atom. The molecule has 0 spiro atoms. The van der Waals surface area contributed by atoms with Crippen molar-refractivity contribution in [1.29, 1.82) is 0 Å². The average Bonchev–Trinajstić information content (AvgIpc) is 2.66. The van der Waals surface area contributed by atoms with Crippen LogP contribution in [0, 0.1) is 5.92 Å². The molecule has 1 aromatic rings. The van der Waals surface area contributed by atoms with Gasteiger partial charge in [0.05, 0.1) is 5.69 Å². The second-order valence-electron chi connectivity index (χ2n) is 3.93. The van der Waals surface area contributed by atoms with Gasteiger partial charge in [-0.25, -0.2) is 0 Å². The summed E-state index contributed by atoms with van der Waals surface area (Å²) in [5.41, 5.74) is 5.41. The standard InChI is InChI=1S/C12H12N/c1-8-6-7-11-12(8)9-4-2-3-5-10(9)13-11/h2-5,8H,6-7H2,1H3. The highest BCUT2D eigenvalue weighted by molar-refractivity contribution is 5.84. The number of rotatable bonds is 0. The molecule has 1 heteroatoms. The van der Waals surface area contributed by atoms with E-state index in [1.54, 1.807) is 0 Å². The topological polar surface area (TPSA) is 14.1 Å². The lowest BCUT2D eigenvalue weighted by atomic mass is 9.97. The van der Waals surface area contributed by atoms with Gasteiger partial charge in [-0.2, -0.15) is 0 Å². The first-order chi connectivity index (χ1) is 6.36. The van der Waals surface area contributed by atoms with E-state index in [-0.39, 0.29) is 0 Å². The maximum Gasteiger partial charge on any atom is 0.0708 e. The predicted octanol–water partition coefficient (Wildman–Crippen LogP) is 3.08. The van der Waals surface area contributed by atoms with E-state index in [4.69, 9.17) is 0 Å². The molecule has 0 amide bonds. The number of benzene rings is 1. The predicted molar refractivity (Wildman–Crippen MR) is 53.6 cm³/mol. The summed E-state index contributed by atoms with van der Waals surface area (Å²) < 4.78 is 0. The van der Waals surface area contributed by atoms with Crippen molar-refractivity contribution in [2.75, 3.05) is 0 Å². The van der Waals surface area contributed by atoms with Crippen LogP contribution in [0.5, 0.6) is 0 Å². The fraction of sp³-hybridized carbons (Fsp3) is 0.333. The Hall–Kier alpha value is -1.24. The summed E-state index contributed by atoms with van der Waals surface area (Å²) in [6.45, 7) is 2.31. The fourth-order valence-corrected chi connectivity index (χ4v) is 2.40. The van der Waals surface area contributed by atoms with Gasteiger partial charge < -0.3 is 0 Å². The Labute approximate surface area is 78.5 Å².